The zero-order chi connectivity index (χ0) is 70.4. The highest BCUT2D eigenvalue weighted by molar-refractivity contribution is 5.70. The number of aliphatic carboxylic acids is 1. The van der Waals surface area contributed by atoms with E-state index in [1.165, 1.54) is 347 Å². The van der Waals surface area contributed by atoms with Gasteiger partial charge in [-0.2, -0.15) is 0 Å². The molecule has 0 radical (unpaired) electrons. The summed E-state index contributed by atoms with van der Waals surface area (Å²) in [6.07, 6.45) is 101. The van der Waals surface area contributed by atoms with Gasteiger partial charge in [-0.05, 0) is 51.4 Å². The molecule has 0 rings (SSSR count). The fourth-order valence-electron chi connectivity index (χ4n) is 13.1. The molecule has 0 saturated heterocycles. The number of unbranched alkanes of at least 4 members (excludes halogenated alkanes) is 58. The summed E-state index contributed by atoms with van der Waals surface area (Å²) in [4.78, 5) is 37.7. The van der Waals surface area contributed by atoms with Crippen molar-refractivity contribution in [2.24, 2.45) is 0 Å². The van der Waals surface area contributed by atoms with Crippen molar-refractivity contribution in [1.82, 2.24) is 0 Å². The van der Waals surface area contributed by atoms with E-state index in [2.05, 4.69) is 62.5 Å². The molecule has 570 valence electrons. The standard InChI is InChI=1S/C88H165NO8/c1-6-8-10-12-14-16-18-20-22-24-26-28-30-32-34-36-38-40-42-43-45-47-49-51-53-55-57-59-61-63-65-67-69-71-73-75-77-79-86(91)97-84(83-96-88(87(92)93)94-81-80-89(3,4)5)82-95-85(90)78-76-74-72-70-68-66-64-62-60-58-56-54-52-50-48-46-44-41-39-37-35-33-31-29-27-25-23-21-19-17-15-13-11-9-7-2/h8,10,14,16,20,22,26,28,84,88H,6-7,9,11-13,15,17-19,21,23-25,27,29-83H2,1-5H3/b10-8-,16-14-,22-20-,28-26-. The normalized spacial score (nSPS) is 12.8. The summed E-state index contributed by atoms with van der Waals surface area (Å²) in [7, 11) is 5.96. The van der Waals surface area contributed by atoms with Crippen LogP contribution in [0, 0.1) is 0 Å². The van der Waals surface area contributed by atoms with Crippen molar-refractivity contribution in [3.8, 4) is 0 Å². The quantitative estimate of drug-likeness (QED) is 0.0195. The fourth-order valence-corrected chi connectivity index (χ4v) is 13.1. The lowest BCUT2D eigenvalue weighted by atomic mass is 10.0. The van der Waals surface area contributed by atoms with Crippen LogP contribution in [0.2, 0.25) is 0 Å². The molecule has 0 heterocycles. The molecule has 0 bridgehead atoms. The molecule has 0 N–H and O–H groups in total. The Bertz CT molecular complexity index is 1730. The third-order valence-electron chi connectivity index (χ3n) is 19.6. The summed E-state index contributed by atoms with van der Waals surface area (Å²) in [6.45, 7) is 4.72. The molecule has 2 unspecified atom stereocenters. The van der Waals surface area contributed by atoms with Gasteiger partial charge in [0.25, 0.3) is 0 Å². The van der Waals surface area contributed by atoms with Crippen molar-refractivity contribution in [3.05, 3.63) is 48.6 Å². The smallest absolute Gasteiger partial charge is 0.306 e. The Balaban J connectivity index is 3.92. The fraction of sp³-hybridized carbons (Fsp3) is 0.875. The number of carbonyl (C=O) groups is 3. The lowest BCUT2D eigenvalue weighted by molar-refractivity contribution is -0.870. The van der Waals surface area contributed by atoms with Gasteiger partial charge in [-0.25, -0.2) is 0 Å². The largest absolute Gasteiger partial charge is 0.545 e. The summed E-state index contributed by atoms with van der Waals surface area (Å²) >= 11 is 0. The molecule has 0 aliphatic rings. The second-order valence-corrected chi connectivity index (χ2v) is 30.5. The van der Waals surface area contributed by atoms with Crippen LogP contribution in [0.25, 0.3) is 0 Å². The number of allylic oxidation sites excluding steroid dienone is 8. The maximum Gasteiger partial charge on any atom is 0.306 e. The van der Waals surface area contributed by atoms with Crippen LogP contribution in [0.4, 0.5) is 0 Å². The third-order valence-corrected chi connectivity index (χ3v) is 19.6. The van der Waals surface area contributed by atoms with E-state index in [9.17, 15) is 19.5 Å². The van der Waals surface area contributed by atoms with E-state index in [0.717, 1.165) is 64.2 Å². The second-order valence-electron chi connectivity index (χ2n) is 30.5. The predicted octanol–water partition coefficient (Wildman–Crippen LogP) is 26.3. The summed E-state index contributed by atoms with van der Waals surface area (Å²) in [5.41, 5.74) is 0. The maximum absolute atomic E-state index is 13.0. The predicted molar refractivity (Wildman–Crippen MR) is 417 cm³/mol. The highest BCUT2D eigenvalue weighted by atomic mass is 16.7. The number of ether oxygens (including phenoxy) is 4. The summed E-state index contributed by atoms with van der Waals surface area (Å²) in [5, 5.41) is 11.9. The Kier molecular flexibility index (Phi) is 76.7. The number of rotatable bonds is 81. The molecule has 9 heteroatoms. The molecular weight excluding hydrogens is 1200 g/mol. The summed E-state index contributed by atoms with van der Waals surface area (Å²) < 4.78 is 22.9. The van der Waals surface area contributed by atoms with Gasteiger partial charge in [0, 0.05) is 12.8 Å². The van der Waals surface area contributed by atoms with E-state index in [-0.39, 0.29) is 32.2 Å². The van der Waals surface area contributed by atoms with Crippen molar-refractivity contribution >= 4 is 17.9 Å². The van der Waals surface area contributed by atoms with Crippen molar-refractivity contribution in [2.45, 2.75) is 450 Å². The molecule has 0 aromatic rings. The summed E-state index contributed by atoms with van der Waals surface area (Å²) in [5.74, 6) is -2.24. The first-order chi connectivity index (χ1) is 47.6. The van der Waals surface area contributed by atoms with Gasteiger partial charge in [0.05, 0.1) is 40.3 Å². The highest BCUT2D eigenvalue weighted by Crippen LogP contribution is 2.21. The molecule has 0 aliphatic heterocycles. The molecule has 0 saturated carbocycles. The third kappa shape index (κ3) is 80.4. The molecule has 0 aliphatic carbocycles. The monoisotopic (exact) mass is 1360 g/mol. The Morgan fingerprint density at radius 2 is 0.588 bits per heavy atom. The topological polar surface area (TPSA) is 111 Å². The number of carboxylic acid groups (broad SMARTS) is 1. The minimum atomic E-state index is -1.62. The van der Waals surface area contributed by atoms with Crippen LogP contribution in [-0.2, 0) is 33.3 Å². The molecule has 0 aromatic carbocycles. The first-order valence-electron chi connectivity index (χ1n) is 42.8. The molecular formula is C88H165NO8. The van der Waals surface area contributed by atoms with Crippen LogP contribution < -0.4 is 5.11 Å². The molecule has 97 heavy (non-hydrogen) atoms. The molecule has 0 amide bonds. The Hall–Kier alpha value is -2.75. The number of quaternary nitrogens is 1. The van der Waals surface area contributed by atoms with Gasteiger partial charge in [0.1, 0.15) is 13.2 Å². The Labute approximate surface area is 603 Å². The zero-order valence-corrected chi connectivity index (χ0v) is 65.5. The average molecular weight is 1370 g/mol. The van der Waals surface area contributed by atoms with Gasteiger partial charge in [0.2, 0.25) is 0 Å². The second kappa shape index (κ2) is 79.0. The van der Waals surface area contributed by atoms with Crippen LogP contribution >= 0.6 is 0 Å². The van der Waals surface area contributed by atoms with Gasteiger partial charge in [-0.1, -0.05) is 422 Å². The van der Waals surface area contributed by atoms with Crippen molar-refractivity contribution < 1.29 is 42.9 Å². The number of hydrogen-bond donors (Lipinski definition) is 0. The number of nitrogens with zero attached hydrogens (tertiary/aromatic N) is 1. The number of esters is 2. The van der Waals surface area contributed by atoms with E-state index in [1.54, 1.807) is 0 Å². The number of likely N-dealkylation sites (N-methyl/N-ethyl adjacent to an activating group) is 1. The van der Waals surface area contributed by atoms with Gasteiger partial charge < -0.3 is 33.3 Å². The SMILES string of the molecule is CC/C=C\C/C=C\C/C=C\C/C=C\CCCCCCCCCCCCCCCCCCCCCCCCCCC(=O)OC(COC(=O)CCCCCCCCCCCCCCCCCCCCCCCCCCCCCCCCCCCCC)COC(OCC[N+](C)(C)C)C(=O)[O-]. The first-order valence-corrected chi connectivity index (χ1v) is 42.8. The highest BCUT2D eigenvalue weighted by Gasteiger charge is 2.22. The Morgan fingerprint density at radius 3 is 0.876 bits per heavy atom. The lowest BCUT2D eigenvalue weighted by Crippen LogP contribution is -2.44. The lowest BCUT2D eigenvalue weighted by Gasteiger charge is -2.26. The molecule has 2 atom stereocenters. The summed E-state index contributed by atoms with van der Waals surface area (Å²) in [6, 6.07) is 0. The first kappa shape index (κ1) is 94.2. The van der Waals surface area contributed by atoms with E-state index >= 15 is 0 Å². The molecule has 0 spiro atoms. The van der Waals surface area contributed by atoms with E-state index in [4.69, 9.17) is 18.9 Å². The maximum atomic E-state index is 13.0. The van der Waals surface area contributed by atoms with E-state index in [0.29, 0.717) is 17.4 Å². The Morgan fingerprint density at radius 1 is 0.320 bits per heavy atom. The van der Waals surface area contributed by atoms with Crippen molar-refractivity contribution in [2.75, 3.05) is 47.5 Å². The van der Waals surface area contributed by atoms with Crippen LogP contribution in [0.5, 0.6) is 0 Å². The number of hydrogen-bond acceptors (Lipinski definition) is 8. The van der Waals surface area contributed by atoms with Gasteiger partial charge in [-0.3, -0.25) is 9.59 Å². The van der Waals surface area contributed by atoms with Crippen LogP contribution in [0.3, 0.4) is 0 Å². The number of carboxylic acids is 1. The minimum Gasteiger partial charge on any atom is -0.545 e. The van der Waals surface area contributed by atoms with E-state index in [1.807, 2.05) is 21.1 Å². The molecule has 0 fully saturated rings. The van der Waals surface area contributed by atoms with Crippen LogP contribution in [0.1, 0.15) is 438 Å². The van der Waals surface area contributed by atoms with Gasteiger partial charge in [-0.15, -0.1) is 0 Å². The number of carbonyl (C=O) groups excluding carboxylic acids is 3. The molecule has 0 aromatic heterocycles. The minimum absolute atomic E-state index is 0.151. The van der Waals surface area contributed by atoms with Gasteiger partial charge in [0.15, 0.2) is 12.4 Å². The average Bonchev–Trinajstić information content (AvgIpc) is 3.11. The van der Waals surface area contributed by atoms with Crippen molar-refractivity contribution in [3.63, 3.8) is 0 Å². The van der Waals surface area contributed by atoms with Crippen LogP contribution in [0.15, 0.2) is 48.6 Å². The van der Waals surface area contributed by atoms with Crippen LogP contribution in [-0.4, -0.2) is 82.3 Å². The van der Waals surface area contributed by atoms with Gasteiger partial charge >= 0.3 is 11.9 Å². The van der Waals surface area contributed by atoms with Crippen molar-refractivity contribution in [1.29, 1.82) is 0 Å². The molecule has 9 nitrogen and oxygen atoms in total. The van der Waals surface area contributed by atoms with E-state index < -0.39 is 24.3 Å². The zero-order valence-electron chi connectivity index (χ0n) is 65.5.